The van der Waals surface area contributed by atoms with Crippen LogP contribution in [0.5, 0.6) is 0 Å². The number of hydrogen-bond acceptors (Lipinski definition) is 9. The number of aromatic nitrogens is 5. The second kappa shape index (κ2) is 10.6. The van der Waals surface area contributed by atoms with Crippen molar-refractivity contribution in [2.45, 2.75) is 33.7 Å². The van der Waals surface area contributed by atoms with Gasteiger partial charge in [-0.05, 0) is 52.8 Å². The minimum absolute atomic E-state index is 0.0256. The second-order valence-electron chi connectivity index (χ2n) is 8.42. The Labute approximate surface area is 202 Å². The summed E-state index contributed by atoms with van der Waals surface area (Å²) in [5.41, 5.74) is 12.6. The molecule has 4 rings (SSSR count). The molecule has 0 saturated heterocycles. The molecular formula is C24H27N9O2. The zero-order valence-electron chi connectivity index (χ0n) is 19.8. The molecule has 2 aromatic heterocycles. The van der Waals surface area contributed by atoms with Gasteiger partial charge in [-0.25, -0.2) is 10.1 Å². The molecule has 0 aliphatic rings. The van der Waals surface area contributed by atoms with Crippen LogP contribution in [0.3, 0.4) is 0 Å². The van der Waals surface area contributed by atoms with E-state index in [1.165, 1.54) is 10.2 Å². The number of nitrogen functional groups attached to an aromatic ring is 1. The molecule has 4 N–H and O–H groups in total. The summed E-state index contributed by atoms with van der Waals surface area (Å²) in [6.45, 7) is 6.41. The first-order chi connectivity index (χ1) is 16.9. The molecule has 0 aliphatic carbocycles. The Morgan fingerprint density at radius 1 is 1.11 bits per heavy atom. The van der Waals surface area contributed by atoms with Crippen LogP contribution in [0, 0.1) is 5.92 Å². The van der Waals surface area contributed by atoms with Crippen LogP contribution in [0.25, 0.3) is 5.82 Å². The van der Waals surface area contributed by atoms with Gasteiger partial charge in [-0.3, -0.25) is 4.79 Å². The molecular weight excluding hydrogens is 446 g/mol. The van der Waals surface area contributed by atoms with Gasteiger partial charge in [0.2, 0.25) is 11.6 Å². The molecule has 0 saturated carbocycles. The fourth-order valence-electron chi connectivity index (χ4n) is 3.49. The van der Waals surface area contributed by atoms with Crippen molar-refractivity contribution in [1.82, 2.24) is 30.7 Å². The Morgan fingerprint density at radius 2 is 1.86 bits per heavy atom. The smallest absolute Gasteiger partial charge is 0.293 e. The van der Waals surface area contributed by atoms with Crippen LogP contribution < -0.4 is 16.5 Å². The van der Waals surface area contributed by atoms with E-state index in [2.05, 4.69) is 67.1 Å². The topological polar surface area (TPSA) is 149 Å². The highest BCUT2D eigenvalue weighted by molar-refractivity contribution is 6.00. The monoisotopic (exact) mass is 473 g/mol. The van der Waals surface area contributed by atoms with Crippen molar-refractivity contribution in [3.05, 3.63) is 77.1 Å². The van der Waals surface area contributed by atoms with Crippen molar-refractivity contribution >= 4 is 23.1 Å². The molecule has 2 heterocycles. The normalized spacial score (nSPS) is 11.6. The van der Waals surface area contributed by atoms with Gasteiger partial charge < -0.3 is 11.1 Å². The average molecular weight is 474 g/mol. The Hall–Kier alpha value is -4.54. The highest BCUT2D eigenvalue weighted by Crippen LogP contribution is 2.18. The van der Waals surface area contributed by atoms with Crippen molar-refractivity contribution in [3.63, 3.8) is 0 Å². The summed E-state index contributed by atoms with van der Waals surface area (Å²) in [4.78, 5) is 13.0. The fourth-order valence-corrected chi connectivity index (χ4v) is 3.49. The lowest BCUT2D eigenvalue weighted by atomic mass is 10.0. The van der Waals surface area contributed by atoms with E-state index in [1.54, 1.807) is 0 Å². The van der Waals surface area contributed by atoms with Gasteiger partial charge in [-0.2, -0.15) is 9.78 Å². The highest BCUT2D eigenvalue weighted by atomic mass is 16.6. The lowest BCUT2D eigenvalue weighted by Crippen LogP contribution is -2.22. The maximum atomic E-state index is 13.0. The minimum Gasteiger partial charge on any atom is -0.379 e. The number of anilines is 2. The molecule has 0 unspecified atom stereocenters. The van der Waals surface area contributed by atoms with E-state index in [9.17, 15) is 4.79 Å². The number of amides is 1. The first-order valence-corrected chi connectivity index (χ1v) is 11.2. The Kier molecular flexibility index (Phi) is 7.15. The summed E-state index contributed by atoms with van der Waals surface area (Å²) in [6, 6.07) is 17.7. The fraction of sp³-hybridized carbons (Fsp3) is 0.250. The quantitative estimate of drug-likeness (QED) is 0.248. The van der Waals surface area contributed by atoms with Gasteiger partial charge in [0.25, 0.3) is 5.91 Å². The van der Waals surface area contributed by atoms with Crippen molar-refractivity contribution < 1.29 is 9.42 Å². The van der Waals surface area contributed by atoms with Gasteiger partial charge in [-0.1, -0.05) is 61.5 Å². The van der Waals surface area contributed by atoms with Gasteiger partial charge in [-0.15, -0.1) is 5.10 Å². The van der Waals surface area contributed by atoms with Crippen molar-refractivity contribution in [2.75, 3.05) is 11.1 Å². The van der Waals surface area contributed by atoms with E-state index in [0.717, 1.165) is 17.7 Å². The lowest BCUT2D eigenvalue weighted by molar-refractivity contribution is 0.0949. The number of benzene rings is 2. The molecule has 1 amide bonds. The summed E-state index contributed by atoms with van der Waals surface area (Å²) < 4.78 is 6.01. The van der Waals surface area contributed by atoms with Crippen LogP contribution in [0.4, 0.5) is 11.5 Å². The summed E-state index contributed by atoms with van der Waals surface area (Å²) >= 11 is 0. The van der Waals surface area contributed by atoms with Gasteiger partial charge in [0.15, 0.2) is 5.69 Å². The van der Waals surface area contributed by atoms with E-state index >= 15 is 0 Å². The molecule has 0 spiro atoms. The van der Waals surface area contributed by atoms with Gasteiger partial charge in [0.05, 0.1) is 18.0 Å². The number of nitrogens with two attached hydrogens (primary N) is 1. The average Bonchev–Trinajstić information content (AvgIpc) is 3.47. The Bertz CT molecular complexity index is 1310. The Balaban J connectivity index is 1.54. The minimum atomic E-state index is -0.521. The number of para-hydroxylation sites is 1. The van der Waals surface area contributed by atoms with Crippen LogP contribution in [0.15, 0.2) is 64.3 Å². The summed E-state index contributed by atoms with van der Waals surface area (Å²) in [6.07, 6.45) is 1.01. The van der Waals surface area contributed by atoms with Crippen molar-refractivity contribution in [2.24, 2.45) is 11.0 Å². The van der Waals surface area contributed by atoms with Crippen molar-refractivity contribution in [1.29, 1.82) is 0 Å². The van der Waals surface area contributed by atoms with Crippen LogP contribution in [0.2, 0.25) is 0 Å². The Morgan fingerprint density at radius 3 is 2.51 bits per heavy atom. The molecule has 11 nitrogen and oxygen atoms in total. The number of hydrogen-bond donors (Lipinski definition) is 3. The maximum Gasteiger partial charge on any atom is 0.293 e. The summed E-state index contributed by atoms with van der Waals surface area (Å²) in [5.74, 6) is 0.226. The predicted molar refractivity (Wildman–Crippen MR) is 132 cm³/mol. The first-order valence-electron chi connectivity index (χ1n) is 11.2. The third-order valence-electron chi connectivity index (χ3n) is 5.25. The number of carbonyl (C=O) groups excluding carboxylic acids is 1. The van der Waals surface area contributed by atoms with Gasteiger partial charge in [0.1, 0.15) is 0 Å². The van der Waals surface area contributed by atoms with E-state index in [4.69, 9.17) is 5.73 Å². The predicted octanol–water partition coefficient (Wildman–Crippen LogP) is 3.20. The molecule has 11 heteroatoms. The standard InChI is InChI=1S/C24H27N9O2/c1-15(2)13-17-9-11-18(12-10-17)16(3)27-29-24(34)21-20(14-26-19-7-5-4-6-8-19)33(32-28-21)23-22(25)30-35-31-23/h4-12,15,26H,13-14H2,1-3H3,(H2,25,30)(H,29,34)/b27-16+. The van der Waals surface area contributed by atoms with E-state index in [-0.39, 0.29) is 23.9 Å². The van der Waals surface area contributed by atoms with E-state index < -0.39 is 5.91 Å². The largest absolute Gasteiger partial charge is 0.379 e. The van der Waals surface area contributed by atoms with Crippen LogP contribution in [-0.4, -0.2) is 36.9 Å². The first kappa shape index (κ1) is 23.6. The number of rotatable bonds is 9. The van der Waals surface area contributed by atoms with E-state index in [0.29, 0.717) is 17.3 Å². The SMILES string of the molecule is C/C(=N\NC(=O)c1nnn(-c2nonc2N)c1CNc1ccccc1)c1ccc(CC(C)C)cc1. The molecule has 0 aliphatic heterocycles. The maximum absolute atomic E-state index is 13.0. The van der Waals surface area contributed by atoms with Crippen LogP contribution in [0.1, 0.15) is 48.1 Å². The summed E-state index contributed by atoms with van der Waals surface area (Å²) in [5, 5.41) is 22.9. The number of carbonyl (C=O) groups is 1. The molecule has 0 fully saturated rings. The van der Waals surface area contributed by atoms with Gasteiger partial charge in [0, 0.05) is 5.69 Å². The third-order valence-corrected chi connectivity index (χ3v) is 5.25. The molecule has 180 valence electrons. The third kappa shape index (κ3) is 5.69. The lowest BCUT2D eigenvalue weighted by Gasteiger charge is -2.09. The molecule has 35 heavy (non-hydrogen) atoms. The molecule has 0 atom stereocenters. The van der Waals surface area contributed by atoms with Crippen LogP contribution >= 0.6 is 0 Å². The molecule has 4 aromatic rings. The zero-order chi connectivity index (χ0) is 24.8. The van der Waals surface area contributed by atoms with Gasteiger partial charge >= 0.3 is 0 Å². The summed E-state index contributed by atoms with van der Waals surface area (Å²) in [7, 11) is 0. The molecule has 0 bridgehead atoms. The van der Waals surface area contributed by atoms with E-state index in [1.807, 2.05) is 49.4 Å². The molecule has 0 radical (unpaired) electrons. The number of nitrogens with one attached hydrogen (secondary N) is 2. The number of nitrogens with zero attached hydrogens (tertiary/aromatic N) is 6. The number of hydrazone groups is 1. The van der Waals surface area contributed by atoms with Crippen molar-refractivity contribution in [3.8, 4) is 5.82 Å². The highest BCUT2D eigenvalue weighted by Gasteiger charge is 2.24. The van der Waals surface area contributed by atoms with Crippen LogP contribution in [-0.2, 0) is 13.0 Å². The zero-order valence-corrected chi connectivity index (χ0v) is 19.8. The molecule has 2 aromatic carbocycles. The second-order valence-corrected chi connectivity index (χ2v) is 8.42.